The molecule has 0 saturated heterocycles. The molecule has 0 spiro atoms. The number of para-hydroxylation sites is 1. The Morgan fingerprint density at radius 3 is 2.39 bits per heavy atom. The van der Waals surface area contributed by atoms with E-state index in [9.17, 15) is 0 Å². The molecule has 0 unspecified atom stereocenters. The highest BCUT2D eigenvalue weighted by Gasteiger charge is 2.17. The molecule has 0 amide bonds. The Kier molecular flexibility index (Phi) is 6.28. The highest BCUT2D eigenvalue weighted by molar-refractivity contribution is 7.98. The molecular weight excluding hydrogens is 452 g/mol. The van der Waals surface area contributed by atoms with Gasteiger partial charge in [0.05, 0.1) is 29.7 Å². The molecule has 0 bridgehead atoms. The average molecular weight is 475 g/mol. The van der Waals surface area contributed by atoms with Gasteiger partial charge >= 0.3 is 0 Å². The van der Waals surface area contributed by atoms with Crippen molar-refractivity contribution in [2.75, 3.05) is 13.7 Å². The number of methoxy groups -OCH3 is 1. The van der Waals surface area contributed by atoms with Crippen LogP contribution in [0.2, 0.25) is 0 Å². The summed E-state index contributed by atoms with van der Waals surface area (Å²) in [6.07, 6.45) is 0. The standard InChI is InChI=1S/C25H22N4O2S2/c1-3-31-20-14-10-18(11-15-20)29-24(17-8-12-19(30-2)13-9-17)27-28-25(29)32-16-23-26-21-6-4-5-7-22(21)33-23/h4-15H,3,16H2,1-2H3. The Morgan fingerprint density at radius 1 is 0.909 bits per heavy atom. The van der Waals surface area contributed by atoms with Crippen molar-refractivity contribution in [3.8, 4) is 28.6 Å². The van der Waals surface area contributed by atoms with Gasteiger partial charge in [-0.2, -0.15) is 0 Å². The van der Waals surface area contributed by atoms with Crippen molar-refractivity contribution in [2.24, 2.45) is 0 Å². The Labute approximate surface area is 200 Å². The number of hydrogen-bond acceptors (Lipinski definition) is 7. The molecule has 0 atom stereocenters. The first kappa shape index (κ1) is 21.5. The van der Waals surface area contributed by atoms with Gasteiger partial charge in [-0.05, 0) is 67.6 Å². The lowest BCUT2D eigenvalue weighted by atomic mass is 10.2. The summed E-state index contributed by atoms with van der Waals surface area (Å²) < 4.78 is 14.2. The van der Waals surface area contributed by atoms with Crippen LogP contribution in [0.3, 0.4) is 0 Å². The maximum atomic E-state index is 5.62. The third-order valence-electron chi connectivity index (χ3n) is 5.05. The Bertz CT molecular complexity index is 1330. The second-order valence-corrected chi connectivity index (χ2v) is 9.22. The molecule has 0 aliphatic carbocycles. The largest absolute Gasteiger partial charge is 0.497 e. The summed E-state index contributed by atoms with van der Waals surface area (Å²) in [6.45, 7) is 2.61. The van der Waals surface area contributed by atoms with Crippen molar-refractivity contribution >= 4 is 33.3 Å². The van der Waals surface area contributed by atoms with Crippen molar-refractivity contribution < 1.29 is 9.47 Å². The highest BCUT2D eigenvalue weighted by atomic mass is 32.2. The minimum atomic E-state index is 0.631. The van der Waals surface area contributed by atoms with E-state index in [1.165, 1.54) is 4.70 Å². The monoisotopic (exact) mass is 474 g/mol. The number of fused-ring (bicyclic) bond motifs is 1. The summed E-state index contributed by atoms with van der Waals surface area (Å²) >= 11 is 3.34. The fourth-order valence-corrected chi connectivity index (χ4v) is 5.40. The molecule has 33 heavy (non-hydrogen) atoms. The van der Waals surface area contributed by atoms with Crippen LogP contribution in [0.25, 0.3) is 27.3 Å². The SMILES string of the molecule is CCOc1ccc(-n2c(SCc3nc4ccccc4s3)nnc2-c2ccc(OC)cc2)cc1. The Morgan fingerprint density at radius 2 is 1.67 bits per heavy atom. The molecule has 0 aliphatic heterocycles. The number of ether oxygens (including phenoxy) is 2. The van der Waals surface area contributed by atoms with Crippen LogP contribution < -0.4 is 9.47 Å². The van der Waals surface area contributed by atoms with Gasteiger partial charge < -0.3 is 9.47 Å². The fourth-order valence-electron chi connectivity index (χ4n) is 3.49. The molecule has 2 aromatic heterocycles. The summed E-state index contributed by atoms with van der Waals surface area (Å²) in [5.41, 5.74) is 2.97. The van der Waals surface area contributed by atoms with Crippen LogP contribution in [0, 0.1) is 0 Å². The topological polar surface area (TPSA) is 62.1 Å². The maximum absolute atomic E-state index is 5.62. The van der Waals surface area contributed by atoms with Crippen molar-refractivity contribution in [1.82, 2.24) is 19.7 Å². The van der Waals surface area contributed by atoms with Crippen LogP contribution in [0.4, 0.5) is 0 Å². The van der Waals surface area contributed by atoms with Crippen LogP contribution in [0.1, 0.15) is 11.9 Å². The van der Waals surface area contributed by atoms with E-state index in [1.54, 1.807) is 30.2 Å². The smallest absolute Gasteiger partial charge is 0.196 e. The van der Waals surface area contributed by atoms with E-state index in [4.69, 9.17) is 14.5 Å². The molecule has 8 heteroatoms. The molecule has 3 aromatic carbocycles. The minimum Gasteiger partial charge on any atom is -0.497 e. The zero-order valence-electron chi connectivity index (χ0n) is 18.3. The molecule has 0 saturated carbocycles. The van der Waals surface area contributed by atoms with Gasteiger partial charge in [0.1, 0.15) is 16.5 Å². The fraction of sp³-hybridized carbons (Fsp3) is 0.160. The van der Waals surface area contributed by atoms with Gasteiger partial charge in [-0.25, -0.2) is 4.98 Å². The number of hydrogen-bond donors (Lipinski definition) is 0. The van der Waals surface area contributed by atoms with Crippen LogP contribution >= 0.6 is 23.1 Å². The molecule has 6 nitrogen and oxygen atoms in total. The van der Waals surface area contributed by atoms with E-state index in [2.05, 4.69) is 20.8 Å². The van der Waals surface area contributed by atoms with E-state index >= 15 is 0 Å². The highest BCUT2D eigenvalue weighted by Crippen LogP contribution is 2.33. The molecule has 0 fully saturated rings. The first-order chi connectivity index (χ1) is 16.2. The number of aromatic nitrogens is 4. The van der Waals surface area contributed by atoms with Crippen molar-refractivity contribution in [3.05, 3.63) is 77.8 Å². The van der Waals surface area contributed by atoms with Crippen molar-refractivity contribution in [2.45, 2.75) is 17.8 Å². The van der Waals surface area contributed by atoms with E-state index in [0.29, 0.717) is 6.61 Å². The number of nitrogens with zero attached hydrogens (tertiary/aromatic N) is 4. The first-order valence-electron chi connectivity index (χ1n) is 10.6. The van der Waals surface area contributed by atoms with Gasteiger partial charge in [-0.15, -0.1) is 21.5 Å². The third-order valence-corrected chi connectivity index (χ3v) is 7.21. The second kappa shape index (κ2) is 9.64. The lowest BCUT2D eigenvalue weighted by Gasteiger charge is -2.11. The van der Waals surface area contributed by atoms with Gasteiger partial charge in [-0.1, -0.05) is 23.9 Å². The summed E-state index contributed by atoms with van der Waals surface area (Å²) in [5.74, 6) is 3.13. The van der Waals surface area contributed by atoms with Gasteiger partial charge in [0, 0.05) is 11.3 Å². The summed E-state index contributed by atoms with van der Waals surface area (Å²) in [6, 6.07) is 24.1. The molecular formula is C25H22N4O2S2. The first-order valence-corrected chi connectivity index (χ1v) is 12.4. The van der Waals surface area contributed by atoms with Crippen molar-refractivity contribution in [1.29, 1.82) is 0 Å². The lowest BCUT2D eigenvalue weighted by Crippen LogP contribution is -2.00. The lowest BCUT2D eigenvalue weighted by molar-refractivity contribution is 0.340. The van der Waals surface area contributed by atoms with E-state index in [-0.39, 0.29) is 0 Å². The second-order valence-electron chi connectivity index (χ2n) is 7.16. The predicted octanol–water partition coefficient (Wildman–Crippen LogP) is 6.24. The van der Waals surface area contributed by atoms with Crippen molar-refractivity contribution in [3.63, 3.8) is 0 Å². The van der Waals surface area contributed by atoms with Gasteiger partial charge in [0.15, 0.2) is 11.0 Å². The van der Waals surface area contributed by atoms with Crippen LogP contribution in [0.15, 0.2) is 78.0 Å². The molecule has 0 radical (unpaired) electrons. The number of thioether (sulfide) groups is 1. The molecule has 5 aromatic rings. The predicted molar refractivity (Wildman–Crippen MR) is 134 cm³/mol. The molecule has 2 heterocycles. The van der Waals surface area contributed by atoms with E-state index in [1.807, 2.05) is 73.7 Å². The Balaban J connectivity index is 1.50. The summed E-state index contributed by atoms with van der Waals surface area (Å²) in [5, 5.41) is 10.9. The maximum Gasteiger partial charge on any atom is 0.196 e. The summed E-state index contributed by atoms with van der Waals surface area (Å²) in [4.78, 5) is 4.76. The van der Waals surface area contributed by atoms with Crippen LogP contribution in [0.5, 0.6) is 11.5 Å². The minimum absolute atomic E-state index is 0.631. The molecule has 5 rings (SSSR count). The number of rotatable bonds is 8. The van der Waals surface area contributed by atoms with E-state index < -0.39 is 0 Å². The van der Waals surface area contributed by atoms with Crippen LogP contribution in [-0.4, -0.2) is 33.5 Å². The number of benzene rings is 3. The van der Waals surface area contributed by atoms with Gasteiger partial charge in [0.25, 0.3) is 0 Å². The molecule has 0 aliphatic rings. The zero-order chi connectivity index (χ0) is 22.6. The zero-order valence-corrected chi connectivity index (χ0v) is 19.9. The summed E-state index contributed by atoms with van der Waals surface area (Å²) in [7, 11) is 1.66. The average Bonchev–Trinajstić information content (AvgIpc) is 3.47. The van der Waals surface area contributed by atoms with E-state index in [0.717, 1.165) is 50.0 Å². The van der Waals surface area contributed by atoms with Gasteiger partial charge in [-0.3, -0.25) is 4.57 Å². The number of thiazole rings is 1. The molecule has 0 N–H and O–H groups in total. The molecule has 166 valence electrons. The Hall–Kier alpha value is -3.36. The normalized spacial score (nSPS) is 11.1. The van der Waals surface area contributed by atoms with Gasteiger partial charge in [0.2, 0.25) is 0 Å². The quantitative estimate of drug-likeness (QED) is 0.248. The third kappa shape index (κ3) is 4.58. The van der Waals surface area contributed by atoms with Crippen LogP contribution in [-0.2, 0) is 5.75 Å².